The fraction of sp³-hybridized carbons (Fsp3) is 0.281. The third kappa shape index (κ3) is 4.98. The number of halogens is 2. The van der Waals surface area contributed by atoms with Gasteiger partial charge in [-0.05, 0) is 31.9 Å². The number of fused-ring (bicyclic) bond motifs is 1. The van der Waals surface area contributed by atoms with Crippen LogP contribution in [0.25, 0.3) is 11.3 Å². The lowest BCUT2D eigenvalue weighted by molar-refractivity contribution is -0.128. The van der Waals surface area contributed by atoms with Gasteiger partial charge in [0.25, 0.3) is 0 Å². The van der Waals surface area contributed by atoms with E-state index in [0.29, 0.717) is 81.5 Å². The van der Waals surface area contributed by atoms with E-state index in [-0.39, 0.29) is 17.9 Å². The van der Waals surface area contributed by atoms with Gasteiger partial charge in [0.05, 0.1) is 33.9 Å². The van der Waals surface area contributed by atoms with Gasteiger partial charge in [0.1, 0.15) is 17.5 Å². The molecule has 0 bridgehead atoms. The number of piperazine rings is 1. The zero-order valence-corrected chi connectivity index (χ0v) is 24.8. The predicted octanol–water partition coefficient (Wildman–Crippen LogP) is 6.27. The van der Waals surface area contributed by atoms with Crippen LogP contribution < -0.4 is 4.90 Å². The number of aromatic nitrogens is 2. The van der Waals surface area contributed by atoms with Crippen LogP contribution in [0.3, 0.4) is 0 Å². The van der Waals surface area contributed by atoms with Crippen LogP contribution in [0.4, 0.5) is 15.9 Å². The highest BCUT2D eigenvalue weighted by atomic mass is 35.5. The largest absolute Gasteiger partial charge is 0.350 e. The van der Waals surface area contributed by atoms with Crippen molar-refractivity contribution in [2.75, 3.05) is 24.5 Å². The Hall–Kier alpha value is -4.37. The number of amides is 1. The summed E-state index contributed by atoms with van der Waals surface area (Å²) in [6.45, 7) is 17.0. The van der Waals surface area contributed by atoms with Gasteiger partial charge in [0, 0.05) is 42.4 Å². The van der Waals surface area contributed by atoms with E-state index in [1.54, 1.807) is 41.0 Å². The molecule has 42 heavy (non-hydrogen) atoms. The Morgan fingerprint density at radius 3 is 2.64 bits per heavy atom. The molecule has 1 aromatic carbocycles. The van der Waals surface area contributed by atoms with Gasteiger partial charge in [-0.25, -0.2) is 14.4 Å². The average molecular weight is 589 g/mol. The van der Waals surface area contributed by atoms with Crippen molar-refractivity contribution in [3.8, 4) is 11.3 Å². The van der Waals surface area contributed by atoms with Crippen molar-refractivity contribution in [3.05, 3.63) is 94.8 Å². The second-order valence-electron chi connectivity index (χ2n) is 10.7. The minimum Gasteiger partial charge on any atom is -0.350 e. The number of anilines is 2. The first-order valence-electron chi connectivity index (χ1n) is 13.7. The minimum atomic E-state index is -0.462. The highest BCUT2D eigenvalue weighted by molar-refractivity contribution is 6.34. The molecule has 5 rings (SSSR count). The maximum Gasteiger partial charge on any atom is 0.246 e. The van der Waals surface area contributed by atoms with Crippen LogP contribution in [-0.2, 0) is 4.79 Å². The average Bonchev–Trinajstić information content (AvgIpc) is 2.98. The van der Waals surface area contributed by atoms with Crippen LogP contribution in [0.15, 0.2) is 66.6 Å². The Morgan fingerprint density at radius 1 is 1.24 bits per heavy atom. The lowest BCUT2D eigenvalue weighted by Gasteiger charge is -2.43. The summed E-state index contributed by atoms with van der Waals surface area (Å²) in [5.41, 5.74) is 3.58. The normalized spacial score (nSPS) is 16.8. The van der Waals surface area contributed by atoms with Crippen LogP contribution in [0.2, 0.25) is 5.02 Å². The van der Waals surface area contributed by atoms with Crippen molar-refractivity contribution in [2.24, 2.45) is 4.99 Å². The summed E-state index contributed by atoms with van der Waals surface area (Å²) in [6.07, 6.45) is 3.31. The Kier molecular flexibility index (Phi) is 7.97. The molecule has 0 spiro atoms. The van der Waals surface area contributed by atoms with Crippen LogP contribution in [0, 0.1) is 12.7 Å². The molecule has 216 valence electrons. The molecule has 0 unspecified atom stereocenters. The molecular weight excluding hydrogens is 557 g/mol. The van der Waals surface area contributed by atoms with Crippen molar-refractivity contribution in [1.82, 2.24) is 19.8 Å². The van der Waals surface area contributed by atoms with Gasteiger partial charge in [-0.15, -0.1) is 0 Å². The molecule has 1 amide bonds. The maximum absolute atomic E-state index is 15.1. The molecule has 1 atom stereocenters. The van der Waals surface area contributed by atoms with Crippen molar-refractivity contribution >= 4 is 41.1 Å². The molecule has 0 saturated carbocycles. The van der Waals surface area contributed by atoms with Crippen molar-refractivity contribution in [1.29, 1.82) is 0 Å². The zero-order chi connectivity index (χ0) is 30.3. The van der Waals surface area contributed by atoms with E-state index < -0.39 is 5.82 Å². The molecule has 2 aliphatic rings. The van der Waals surface area contributed by atoms with Crippen LogP contribution in [-0.4, -0.2) is 63.5 Å². The molecule has 1 saturated heterocycles. The van der Waals surface area contributed by atoms with E-state index in [0.717, 1.165) is 6.29 Å². The van der Waals surface area contributed by atoms with Gasteiger partial charge in [0.2, 0.25) is 5.91 Å². The van der Waals surface area contributed by atoms with E-state index in [2.05, 4.69) is 23.0 Å². The fourth-order valence-corrected chi connectivity index (χ4v) is 5.78. The number of carbonyl (C=O) groups is 2. The van der Waals surface area contributed by atoms with Gasteiger partial charge < -0.3 is 9.80 Å². The lowest BCUT2D eigenvalue weighted by atomic mass is 10.00. The van der Waals surface area contributed by atoms with E-state index in [1.807, 2.05) is 26.8 Å². The molecule has 2 aromatic heterocycles. The molecule has 1 fully saturated rings. The minimum absolute atomic E-state index is 0.0426. The smallest absolute Gasteiger partial charge is 0.246 e. The molecule has 0 radical (unpaired) electrons. The summed E-state index contributed by atoms with van der Waals surface area (Å²) in [7, 11) is 0. The second kappa shape index (κ2) is 11.5. The molecule has 3 aromatic rings. The first kappa shape index (κ1) is 29.1. The topological polar surface area (TPSA) is 82.0 Å². The van der Waals surface area contributed by atoms with Crippen LogP contribution >= 0.6 is 11.6 Å². The van der Waals surface area contributed by atoms with E-state index in [4.69, 9.17) is 21.6 Å². The molecule has 0 aliphatic carbocycles. The molecule has 2 aliphatic heterocycles. The Bertz CT molecular complexity index is 1650. The first-order valence-corrected chi connectivity index (χ1v) is 14.1. The summed E-state index contributed by atoms with van der Waals surface area (Å²) < 4.78 is 15.1. The summed E-state index contributed by atoms with van der Waals surface area (Å²) in [5, 5.41) is 0.328. The van der Waals surface area contributed by atoms with Crippen LogP contribution in [0.1, 0.15) is 53.9 Å². The SMILES string of the molecule is C=CC(=[18O])N1CCN(C2=NC(=C)N(c3c(C(C)C)ncc(F)c3C)c3nc(-c4ccccc4C=O)c(Cl)cc32)[C@@H](C)C1. The standard InChI is InChI=1S/C32H32ClFN6O2/c1-7-27(42)38-12-13-39(19(4)16-38)31-24-14-25(33)29(23-11-9-8-10-22(23)17-41)37-32(24)40(21(6)36-31)30-20(5)26(34)15-35-28(30)18(2)3/h7-11,14-15,17-19H,1,6,12-13,16H2,2-5H3/t19-/m0/s1/i42+2. The molecule has 10 heteroatoms. The van der Waals surface area contributed by atoms with Gasteiger partial charge in [0.15, 0.2) is 12.1 Å². The van der Waals surface area contributed by atoms with Gasteiger partial charge in [-0.3, -0.25) is 19.5 Å². The summed E-state index contributed by atoms with van der Waals surface area (Å²) in [5.74, 6) is 0.744. The maximum atomic E-state index is 15.1. The number of carbonyl (C=O) groups excluding carboxylic acids is 2. The van der Waals surface area contributed by atoms with Gasteiger partial charge in [-0.1, -0.05) is 62.9 Å². The molecule has 0 N–H and O–H groups in total. The lowest BCUT2D eigenvalue weighted by Crippen LogP contribution is -2.56. The predicted molar refractivity (Wildman–Crippen MR) is 164 cm³/mol. The number of rotatable bonds is 5. The number of nitrogens with zero attached hydrogens (tertiary/aromatic N) is 6. The number of pyridine rings is 2. The third-order valence-corrected chi connectivity index (χ3v) is 7.96. The number of hydrogen-bond acceptors (Lipinski definition) is 7. The summed E-state index contributed by atoms with van der Waals surface area (Å²) in [6, 6.07) is 8.76. The quantitative estimate of drug-likeness (QED) is 0.199. The monoisotopic (exact) mass is 588 g/mol. The number of amidine groups is 1. The number of aldehydes is 1. The van der Waals surface area contributed by atoms with E-state index in [1.165, 1.54) is 12.3 Å². The highest BCUT2D eigenvalue weighted by Crippen LogP contribution is 2.44. The second-order valence-corrected chi connectivity index (χ2v) is 11.1. The summed E-state index contributed by atoms with van der Waals surface area (Å²) >= 11 is 6.89. The fourth-order valence-electron chi connectivity index (χ4n) is 5.52. The van der Waals surface area contributed by atoms with Gasteiger partial charge >= 0.3 is 0 Å². The molecule has 4 heterocycles. The number of aliphatic imine (C=N–C) groups is 1. The highest BCUT2D eigenvalue weighted by Gasteiger charge is 2.37. The van der Waals surface area contributed by atoms with Crippen LogP contribution in [0.5, 0.6) is 0 Å². The van der Waals surface area contributed by atoms with E-state index in [9.17, 15) is 9.59 Å². The number of hydrogen-bond donors (Lipinski definition) is 0. The molecular formula is C32H32ClFN6O2. The summed E-state index contributed by atoms with van der Waals surface area (Å²) in [4.78, 5) is 44.2. The zero-order valence-electron chi connectivity index (χ0n) is 24.1. The number of benzene rings is 1. The Morgan fingerprint density at radius 2 is 1.98 bits per heavy atom. The Labute approximate surface area is 249 Å². The third-order valence-electron chi connectivity index (χ3n) is 7.67. The van der Waals surface area contributed by atoms with Crippen molar-refractivity contribution in [2.45, 2.75) is 39.7 Å². The molecule has 8 nitrogen and oxygen atoms in total. The first-order chi connectivity index (χ1) is 20.1. The Balaban J connectivity index is 1.74. The van der Waals surface area contributed by atoms with E-state index >= 15 is 4.39 Å². The van der Waals surface area contributed by atoms with Crippen molar-refractivity contribution < 1.29 is 14.0 Å². The van der Waals surface area contributed by atoms with Crippen molar-refractivity contribution in [3.63, 3.8) is 0 Å². The van der Waals surface area contributed by atoms with Gasteiger partial charge in [-0.2, -0.15) is 0 Å².